The number of rotatable bonds is 15. The third-order valence-electron chi connectivity index (χ3n) is 9.28. The first-order valence-electron chi connectivity index (χ1n) is 17.6. The summed E-state index contributed by atoms with van der Waals surface area (Å²) in [6.45, 7) is 20.6. The lowest BCUT2D eigenvalue weighted by atomic mass is 9.85. The van der Waals surface area contributed by atoms with E-state index in [-0.39, 0.29) is 17.9 Å². The zero-order valence-electron chi connectivity index (χ0n) is 30.1. The van der Waals surface area contributed by atoms with E-state index in [9.17, 15) is 4.79 Å². The highest BCUT2D eigenvalue weighted by atomic mass is 16.5. The number of nitrogens with zero attached hydrogens (tertiary/aromatic N) is 2. The summed E-state index contributed by atoms with van der Waals surface area (Å²) >= 11 is 0. The molecule has 0 aromatic heterocycles. The topological polar surface area (TPSA) is 44.8 Å². The van der Waals surface area contributed by atoms with Crippen molar-refractivity contribution < 1.29 is 9.53 Å². The zero-order valence-corrected chi connectivity index (χ0v) is 30.1. The lowest BCUT2D eigenvalue weighted by molar-refractivity contribution is -0.135. The lowest BCUT2D eigenvalue weighted by Gasteiger charge is -2.42. The van der Waals surface area contributed by atoms with Gasteiger partial charge < -0.3 is 15.0 Å². The van der Waals surface area contributed by atoms with E-state index in [1.54, 1.807) is 0 Å². The Morgan fingerprint density at radius 1 is 0.957 bits per heavy atom. The molecule has 3 aromatic rings. The van der Waals surface area contributed by atoms with Crippen LogP contribution in [-0.2, 0) is 17.8 Å². The van der Waals surface area contributed by atoms with Crippen LogP contribution in [0.3, 0.4) is 0 Å². The predicted octanol–water partition coefficient (Wildman–Crippen LogP) is 9.22. The van der Waals surface area contributed by atoms with Crippen LogP contribution in [0.1, 0.15) is 102 Å². The molecule has 0 saturated heterocycles. The highest BCUT2D eigenvalue weighted by Gasteiger charge is 2.37. The van der Waals surface area contributed by atoms with E-state index >= 15 is 0 Å². The zero-order chi connectivity index (χ0) is 33.9. The molecule has 1 aliphatic heterocycles. The molecule has 0 radical (unpaired) electrons. The fourth-order valence-corrected chi connectivity index (χ4v) is 6.95. The molecule has 0 fully saturated rings. The molecule has 0 spiro atoms. The van der Waals surface area contributed by atoms with Crippen LogP contribution in [0.15, 0.2) is 102 Å². The number of fused-ring (bicyclic) bond motifs is 1. The lowest BCUT2D eigenvalue weighted by Crippen LogP contribution is -2.47. The summed E-state index contributed by atoms with van der Waals surface area (Å²) in [5.74, 6) is 0.809. The number of ether oxygens (including phenoxy) is 1. The number of hydrogen-bond acceptors (Lipinski definition) is 4. The van der Waals surface area contributed by atoms with Crippen LogP contribution in [0.2, 0.25) is 0 Å². The molecule has 0 aliphatic carbocycles. The Balaban J connectivity index is 1.71. The van der Waals surface area contributed by atoms with Gasteiger partial charge in [0, 0.05) is 37.4 Å². The molecule has 5 nitrogen and oxygen atoms in total. The number of allylic oxidation sites excluding steroid dienone is 3. The van der Waals surface area contributed by atoms with Crippen LogP contribution in [-0.4, -0.2) is 47.4 Å². The second kappa shape index (κ2) is 17.4. The molecule has 2 unspecified atom stereocenters. The van der Waals surface area contributed by atoms with Crippen molar-refractivity contribution in [2.45, 2.75) is 105 Å². The van der Waals surface area contributed by atoms with Crippen LogP contribution >= 0.6 is 0 Å². The van der Waals surface area contributed by atoms with Crippen molar-refractivity contribution in [3.63, 3.8) is 0 Å². The summed E-state index contributed by atoms with van der Waals surface area (Å²) in [5, 5.41) is 3.86. The van der Waals surface area contributed by atoms with Crippen molar-refractivity contribution in [1.29, 1.82) is 0 Å². The van der Waals surface area contributed by atoms with Crippen LogP contribution in [0, 0.1) is 0 Å². The molecular weight excluding hydrogens is 578 g/mol. The van der Waals surface area contributed by atoms with Gasteiger partial charge in [0.15, 0.2) is 0 Å². The number of hydrogen-bond donors (Lipinski definition) is 1. The SMILES string of the molecule is CCC=C(C)CC(C(=O)N1CCc2cc(OCc3ccccc3)ccc2C1C(NCCN(C(C)C)C(C)C)=C(C)C)c1ccccc1. The van der Waals surface area contributed by atoms with E-state index in [2.05, 4.69) is 119 Å². The second-order valence-electron chi connectivity index (χ2n) is 13.7. The molecule has 1 N–H and O–H groups in total. The number of amides is 1. The van der Waals surface area contributed by atoms with E-state index in [0.717, 1.165) is 48.5 Å². The van der Waals surface area contributed by atoms with E-state index in [1.165, 1.54) is 22.3 Å². The van der Waals surface area contributed by atoms with Crippen molar-refractivity contribution in [2.24, 2.45) is 0 Å². The van der Waals surface area contributed by atoms with Crippen molar-refractivity contribution in [2.75, 3.05) is 19.6 Å². The third-order valence-corrected chi connectivity index (χ3v) is 9.28. The maximum absolute atomic E-state index is 14.9. The Hall–Kier alpha value is -3.83. The standard InChI is InChI=1S/C42H57N3O2/c1-9-16-33(8)27-39(35-19-14-11-15-20-35)42(46)45-25-23-36-28-37(47-29-34-17-12-10-13-18-34)21-22-38(36)41(45)40(30(2)3)43-24-26-44(31(4)5)32(6)7/h10-22,28,31-32,39,41,43H,9,23-27,29H2,1-8H3. The Labute approximate surface area is 284 Å². The highest BCUT2D eigenvalue weighted by molar-refractivity contribution is 5.85. The van der Waals surface area contributed by atoms with Gasteiger partial charge in [-0.3, -0.25) is 9.69 Å². The van der Waals surface area contributed by atoms with Gasteiger partial charge in [-0.25, -0.2) is 0 Å². The predicted molar refractivity (Wildman–Crippen MR) is 197 cm³/mol. The fraction of sp³-hybridized carbons (Fsp3) is 0.452. The first kappa shape index (κ1) is 36.0. The summed E-state index contributed by atoms with van der Waals surface area (Å²) in [6.07, 6.45) is 4.72. The van der Waals surface area contributed by atoms with E-state index < -0.39 is 0 Å². The van der Waals surface area contributed by atoms with Crippen LogP contribution in [0.5, 0.6) is 5.75 Å². The van der Waals surface area contributed by atoms with Gasteiger partial charge >= 0.3 is 0 Å². The summed E-state index contributed by atoms with van der Waals surface area (Å²) in [5.41, 5.74) is 8.22. The largest absolute Gasteiger partial charge is 0.489 e. The molecule has 5 heteroatoms. The number of benzene rings is 3. The summed E-state index contributed by atoms with van der Waals surface area (Å²) in [6, 6.07) is 27.8. The third kappa shape index (κ3) is 9.60. The molecule has 4 rings (SSSR count). The maximum Gasteiger partial charge on any atom is 0.231 e. The van der Waals surface area contributed by atoms with E-state index in [4.69, 9.17) is 4.74 Å². The van der Waals surface area contributed by atoms with Gasteiger partial charge in [0.25, 0.3) is 0 Å². The van der Waals surface area contributed by atoms with E-state index in [0.29, 0.717) is 31.7 Å². The summed E-state index contributed by atoms with van der Waals surface area (Å²) in [7, 11) is 0. The van der Waals surface area contributed by atoms with Crippen molar-refractivity contribution in [3.8, 4) is 5.75 Å². The molecule has 252 valence electrons. The van der Waals surface area contributed by atoms with Gasteiger partial charge in [-0.2, -0.15) is 0 Å². The van der Waals surface area contributed by atoms with Gasteiger partial charge in [-0.15, -0.1) is 0 Å². The molecule has 0 bridgehead atoms. The van der Waals surface area contributed by atoms with E-state index in [1.807, 2.05) is 36.4 Å². The minimum absolute atomic E-state index is 0.187. The summed E-state index contributed by atoms with van der Waals surface area (Å²) < 4.78 is 6.25. The molecular formula is C42H57N3O2. The highest BCUT2D eigenvalue weighted by Crippen LogP contribution is 2.40. The van der Waals surface area contributed by atoms with Crippen LogP contribution in [0.25, 0.3) is 0 Å². The average molecular weight is 636 g/mol. The minimum Gasteiger partial charge on any atom is -0.489 e. The second-order valence-corrected chi connectivity index (χ2v) is 13.7. The average Bonchev–Trinajstić information content (AvgIpc) is 3.06. The van der Waals surface area contributed by atoms with Gasteiger partial charge in [0.05, 0.1) is 12.0 Å². The maximum atomic E-state index is 14.9. The van der Waals surface area contributed by atoms with Crippen LogP contribution in [0.4, 0.5) is 0 Å². The Morgan fingerprint density at radius 2 is 1.62 bits per heavy atom. The van der Waals surface area contributed by atoms with Crippen molar-refractivity contribution in [3.05, 3.63) is 124 Å². The van der Waals surface area contributed by atoms with Crippen LogP contribution < -0.4 is 10.1 Å². The monoisotopic (exact) mass is 635 g/mol. The number of carbonyl (C=O) groups is 1. The number of nitrogens with one attached hydrogen (secondary N) is 1. The van der Waals surface area contributed by atoms with Gasteiger partial charge in [-0.05, 0) is 102 Å². The smallest absolute Gasteiger partial charge is 0.231 e. The Kier molecular flexibility index (Phi) is 13.3. The Morgan fingerprint density at radius 3 is 2.23 bits per heavy atom. The molecule has 1 heterocycles. The normalized spacial score (nSPS) is 15.5. The molecule has 1 aliphatic rings. The first-order valence-corrected chi connectivity index (χ1v) is 17.6. The summed E-state index contributed by atoms with van der Waals surface area (Å²) in [4.78, 5) is 19.6. The minimum atomic E-state index is -0.243. The van der Waals surface area contributed by atoms with Crippen molar-refractivity contribution >= 4 is 5.91 Å². The fourth-order valence-electron chi connectivity index (χ4n) is 6.95. The Bertz CT molecular complexity index is 1480. The van der Waals surface area contributed by atoms with Gasteiger partial charge in [0.1, 0.15) is 12.4 Å². The molecule has 47 heavy (non-hydrogen) atoms. The molecule has 3 aromatic carbocycles. The number of carbonyl (C=O) groups excluding carboxylic acids is 1. The van der Waals surface area contributed by atoms with Gasteiger partial charge in [0.2, 0.25) is 5.91 Å². The van der Waals surface area contributed by atoms with Crippen molar-refractivity contribution in [1.82, 2.24) is 15.1 Å². The quantitative estimate of drug-likeness (QED) is 0.169. The molecule has 1 amide bonds. The van der Waals surface area contributed by atoms with Gasteiger partial charge in [-0.1, -0.05) is 90.9 Å². The molecule has 2 atom stereocenters. The first-order chi connectivity index (χ1) is 22.6. The molecule has 0 saturated carbocycles.